The third kappa shape index (κ3) is 4.39. The van der Waals surface area contributed by atoms with Crippen molar-refractivity contribution in [3.63, 3.8) is 0 Å². The number of aromatic nitrogens is 4. The number of fused-ring (bicyclic) bond motifs is 1. The van der Waals surface area contributed by atoms with E-state index in [0.29, 0.717) is 12.5 Å². The minimum atomic E-state index is -0.172. The molecule has 4 aromatic rings. The molecule has 1 aliphatic rings. The molecule has 5 rings (SSSR count). The summed E-state index contributed by atoms with van der Waals surface area (Å²) in [6.45, 7) is 2.64. The monoisotopic (exact) mass is 436 g/mol. The molecule has 1 aliphatic heterocycles. The van der Waals surface area contributed by atoms with E-state index in [4.69, 9.17) is 0 Å². The molecule has 0 saturated heterocycles. The van der Waals surface area contributed by atoms with Gasteiger partial charge in [0.05, 0.1) is 5.70 Å². The van der Waals surface area contributed by atoms with Crippen molar-refractivity contribution in [3.05, 3.63) is 113 Å². The van der Waals surface area contributed by atoms with Gasteiger partial charge in [-0.05, 0) is 40.1 Å². The lowest BCUT2D eigenvalue weighted by molar-refractivity contribution is -0.119. The van der Waals surface area contributed by atoms with Crippen molar-refractivity contribution in [2.24, 2.45) is 0 Å². The van der Waals surface area contributed by atoms with Crippen LogP contribution in [-0.2, 0) is 11.3 Å². The molecule has 0 radical (unpaired) electrons. The maximum Gasteiger partial charge on any atom is 0.251 e. The van der Waals surface area contributed by atoms with Crippen LogP contribution in [0, 0.1) is 6.92 Å². The van der Waals surface area contributed by atoms with Gasteiger partial charge in [0.1, 0.15) is 12.6 Å². The second kappa shape index (κ2) is 9.08. The van der Waals surface area contributed by atoms with Gasteiger partial charge >= 0.3 is 0 Å². The maximum absolute atomic E-state index is 12.9. The summed E-state index contributed by atoms with van der Waals surface area (Å²) in [5, 5.41) is 15.5. The Morgan fingerprint density at radius 1 is 0.939 bits per heavy atom. The van der Waals surface area contributed by atoms with Gasteiger partial charge in [0.2, 0.25) is 5.91 Å². The van der Waals surface area contributed by atoms with E-state index in [-0.39, 0.29) is 18.5 Å². The van der Waals surface area contributed by atoms with Gasteiger partial charge in [0, 0.05) is 6.54 Å². The largest absolute Gasteiger partial charge is 0.350 e. The Hall–Kier alpha value is -4.26. The third-order valence-corrected chi connectivity index (χ3v) is 5.71. The molecule has 1 amide bonds. The zero-order valence-corrected chi connectivity index (χ0v) is 18.3. The molecule has 1 N–H and O–H groups in total. The number of allylic oxidation sites excluding steroid dienone is 1. The molecule has 0 fully saturated rings. The van der Waals surface area contributed by atoms with E-state index < -0.39 is 0 Å². The average molecular weight is 437 g/mol. The topological polar surface area (TPSA) is 75.9 Å². The highest BCUT2D eigenvalue weighted by molar-refractivity contribution is 5.89. The highest BCUT2D eigenvalue weighted by Crippen LogP contribution is 2.36. The summed E-state index contributed by atoms with van der Waals surface area (Å²) in [7, 11) is 0. The summed E-state index contributed by atoms with van der Waals surface area (Å²) in [5.74, 6) is 0.431. The van der Waals surface area contributed by atoms with Crippen molar-refractivity contribution < 1.29 is 4.79 Å². The van der Waals surface area contributed by atoms with Crippen LogP contribution in [0.4, 0.5) is 5.95 Å². The molecular weight excluding hydrogens is 412 g/mol. The number of aryl methyl sites for hydroxylation is 1. The quantitative estimate of drug-likeness (QED) is 0.498. The van der Waals surface area contributed by atoms with Crippen LogP contribution in [0.3, 0.4) is 0 Å². The summed E-state index contributed by atoms with van der Waals surface area (Å²) < 4.78 is 1.77. The van der Waals surface area contributed by atoms with Gasteiger partial charge in [0.25, 0.3) is 5.95 Å². The Morgan fingerprint density at radius 2 is 1.64 bits per heavy atom. The summed E-state index contributed by atoms with van der Waals surface area (Å²) >= 11 is 0. The molecule has 0 aliphatic carbocycles. The Bertz CT molecular complexity index is 1270. The number of rotatable bonds is 6. The molecule has 2 heterocycles. The SMILES string of the molecule is Cc1ccc([C@@H]2C=C(c3ccccc3)N(CC(=O)NCc3ccccc3)c3nnnn32)cc1. The first-order valence-corrected chi connectivity index (χ1v) is 10.9. The first-order valence-electron chi connectivity index (χ1n) is 10.9. The summed E-state index contributed by atoms with van der Waals surface area (Å²) in [6, 6.07) is 28.1. The van der Waals surface area contributed by atoms with Crippen LogP contribution in [0.15, 0.2) is 91.0 Å². The van der Waals surface area contributed by atoms with Gasteiger partial charge in [0.15, 0.2) is 0 Å². The second-order valence-corrected chi connectivity index (χ2v) is 8.05. The van der Waals surface area contributed by atoms with Crippen LogP contribution in [0.1, 0.15) is 28.3 Å². The van der Waals surface area contributed by atoms with Crippen molar-refractivity contribution in [2.45, 2.75) is 19.5 Å². The summed E-state index contributed by atoms with van der Waals surface area (Å²) in [4.78, 5) is 14.8. The molecule has 1 aromatic heterocycles. The number of nitrogens with one attached hydrogen (secondary N) is 1. The van der Waals surface area contributed by atoms with Crippen molar-refractivity contribution in [1.29, 1.82) is 0 Å². The number of carbonyl (C=O) groups excluding carboxylic acids is 1. The van der Waals surface area contributed by atoms with Crippen molar-refractivity contribution in [2.75, 3.05) is 11.4 Å². The lowest BCUT2D eigenvalue weighted by Gasteiger charge is -2.32. The van der Waals surface area contributed by atoms with Crippen molar-refractivity contribution in [3.8, 4) is 0 Å². The fraction of sp³-hybridized carbons (Fsp3) is 0.154. The number of benzene rings is 3. The number of nitrogens with zero attached hydrogens (tertiary/aromatic N) is 5. The summed E-state index contributed by atoms with van der Waals surface area (Å²) in [6.07, 6.45) is 2.12. The summed E-state index contributed by atoms with van der Waals surface area (Å²) in [5.41, 5.74) is 5.22. The van der Waals surface area contributed by atoms with Crippen molar-refractivity contribution in [1.82, 2.24) is 25.5 Å². The van der Waals surface area contributed by atoms with E-state index >= 15 is 0 Å². The van der Waals surface area contributed by atoms with Crippen LogP contribution in [0.25, 0.3) is 5.70 Å². The van der Waals surface area contributed by atoms with Crippen LogP contribution < -0.4 is 10.2 Å². The third-order valence-electron chi connectivity index (χ3n) is 5.71. The highest BCUT2D eigenvalue weighted by atomic mass is 16.2. The first-order chi connectivity index (χ1) is 16.2. The van der Waals surface area contributed by atoms with Crippen molar-refractivity contribution >= 4 is 17.6 Å². The molecular formula is C26H24N6O. The van der Waals surface area contributed by atoms with Gasteiger partial charge in [-0.15, -0.1) is 0 Å². The van der Waals surface area contributed by atoms with E-state index in [1.54, 1.807) is 4.68 Å². The van der Waals surface area contributed by atoms with E-state index in [1.165, 1.54) is 5.56 Å². The van der Waals surface area contributed by atoms with Gasteiger partial charge in [-0.25, -0.2) is 0 Å². The average Bonchev–Trinajstić information content (AvgIpc) is 3.35. The second-order valence-electron chi connectivity index (χ2n) is 8.05. The molecule has 33 heavy (non-hydrogen) atoms. The molecule has 0 spiro atoms. The molecule has 7 heteroatoms. The van der Waals surface area contributed by atoms with E-state index in [1.807, 2.05) is 65.6 Å². The standard InChI is InChI=1S/C26H24N6O/c1-19-12-14-22(15-13-19)24-16-23(21-10-6-3-7-11-21)31(26-28-29-30-32(24)26)18-25(33)27-17-20-8-4-2-5-9-20/h2-16,24H,17-18H2,1H3,(H,27,33)/t24-/m0/s1. The Morgan fingerprint density at radius 3 is 2.36 bits per heavy atom. The van der Waals surface area contributed by atoms with E-state index in [9.17, 15) is 4.79 Å². The fourth-order valence-corrected chi connectivity index (χ4v) is 3.98. The molecule has 7 nitrogen and oxygen atoms in total. The fourth-order valence-electron chi connectivity index (χ4n) is 3.98. The number of anilines is 1. The van der Waals surface area contributed by atoms with Crippen LogP contribution in [0.2, 0.25) is 0 Å². The van der Waals surface area contributed by atoms with E-state index in [2.05, 4.69) is 58.1 Å². The zero-order chi connectivity index (χ0) is 22.6. The molecule has 164 valence electrons. The number of hydrogen-bond donors (Lipinski definition) is 1. The minimum absolute atomic E-state index is 0.106. The zero-order valence-electron chi connectivity index (χ0n) is 18.3. The van der Waals surface area contributed by atoms with E-state index in [0.717, 1.165) is 22.4 Å². The number of amides is 1. The predicted octanol–water partition coefficient (Wildman–Crippen LogP) is 3.75. The Labute approximate surface area is 192 Å². The van der Waals surface area contributed by atoms with Crippen LogP contribution in [0.5, 0.6) is 0 Å². The molecule has 0 saturated carbocycles. The van der Waals surface area contributed by atoms with Gasteiger partial charge in [-0.2, -0.15) is 4.68 Å². The molecule has 0 bridgehead atoms. The predicted molar refractivity (Wildman–Crippen MR) is 127 cm³/mol. The lowest BCUT2D eigenvalue weighted by atomic mass is 10.00. The van der Waals surface area contributed by atoms with Crippen LogP contribution in [-0.4, -0.2) is 32.7 Å². The molecule has 3 aromatic carbocycles. The molecule has 1 atom stereocenters. The smallest absolute Gasteiger partial charge is 0.251 e. The first kappa shape index (κ1) is 20.6. The number of hydrogen-bond acceptors (Lipinski definition) is 5. The number of tetrazole rings is 1. The number of carbonyl (C=O) groups is 1. The Kier molecular flexibility index (Phi) is 5.68. The van der Waals surface area contributed by atoms with Gasteiger partial charge in [-0.1, -0.05) is 95.6 Å². The maximum atomic E-state index is 12.9. The van der Waals surface area contributed by atoms with Crippen LogP contribution >= 0.6 is 0 Å². The Balaban J connectivity index is 1.47. The normalized spacial score (nSPS) is 15.0. The van der Waals surface area contributed by atoms with Gasteiger partial charge in [-0.3, -0.25) is 9.69 Å². The van der Waals surface area contributed by atoms with Gasteiger partial charge < -0.3 is 5.32 Å². The highest BCUT2D eigenvalue weighted by Gasteiger charge is 2.31. The molecule has 0 unspecified atom stereocenters. The lowest BCUT2D eigenvalue weighted by Crippen LogP contribution is -2.39. The minimum Gasteiger partial charge on any atom is -0.350 e.